The van der Waals surface area contributed by atoms with Crippen LogP contribution in [0.1, 0.15) is 28.8 Å². The van der Waals surface area contributed by atoms with E-state index in [0.717, 1.165) is 12.1 Å². The van der Waals surface area contributed by atoms with Crippen molar-refractivity contribution < 1.29 is 14.3 Å². The van der Waals surface area contributed by atoms with Gasteiger partial charge in [-0.2, -0.15) is 5.26 Å². The van der Waals surface area contributed by atoms with E-state index < -0.39 is 5.97 Å². The van der Waals surface area contributed by atoms with Crippen LogP contribution in [0, 0.1) is 11.3 Å². The fourth-order valence-electron chi connectivity index (χ4n) is 3.49. The Kier molecular flexibility index (Phi) is 5.08. The van der Waals surface area contributed by atoms with Crippen LogP contribution in [-0.2, 0) is 4.79 Å². The van der Waals surface area contributed by atoms with Gasteiger partial charge in [-0.1, -0.05) is 36.4 Å². The summed E-state index contributed by atoms with van der Waals surface area (Å²) in [7, 11) is 0. The molecule has 0 aliphatic carbocycles. The molecule has 5 heteroatoms. The SMILES string of the molecule is N#Cc1ccccc1-c1ccccc1C(=O)Oc1ccc(N2CCCC2=O)cc1. The van der Waals surface area contributed by atoms with E-state index in [9.17, 15) is 14.9 Å². The zero-order valence-corrected chi connectivity index (χ0v) is 15.7. The van der Waals surface area contributed by atoms with E-state index in [-0.39, 0.29) is 5.91 Å². The molecule has 29 heavy (non-hydrogen) atoms. The van der Waals surface area contributed by atoms with Crippen LogP contribution in [0.15, 0.2) is 72.8 Å². The summed E-state index contributed by atoms with van der Waals surface area (Å²) >= 11 is 0. The largest absolute Gasteiger partial charge is 0.423 e. The average molecular weight is 382 g/mol. The predicted octanol–water partition coefficient (Wildman–Crippen LogP) is 4.57. The van der Waals surface area contributed by atoms with Gasteiger partial charge in [0.05, 0.1) is 17.2 Å². The molecular formula is C24H18N2O3. The maximum Gasteiger partial charge on any atom is 0.344 e. The van der Waals surface area contributed by atoms with Crippen LogP contribution in [0.2, 0.25) is 0 Å². The number of nitriles is 1. The highest BCUT2D eigenvalue weighted by molar-refractivity contribution is 5.99. The molecule has 0 N–H and O–H groups in total. The van der Waals surface area contributed by atoms with E-state index in [1.54, 1.807) is 59.5 Å². The molecule has 0 bridgehead atoms. The Morgan fingerprint density at radius 1 is 0.931 bits per heavy atom. The smallest absolute Gasteiger partial charge is 0.344 e. The van der Waals surface area contributed by atoms with Gasteiger partial charge in [0, 0.05) is 24.2 Å². The van der Waals surface area contributed by atoms with Crippen molar-refractivity contribution in [3.05, 3.63) is 83.9 Å². The van der Waals surface area contributed by atoms with Crippen molar-refractivity contribution in [2.75, 3.05) is 11.4 Å². The molecular weight excluding hydrogens is 364 g/mol. The van der Waals surface area contributed by atoms with Crippen molar-refractivity contribution in [2.24, 2.45) is 0 Å². The Morgan fingerprint density at radius 2 is 1.62 bits per heavy atom. The summed E-state index contributed by atoms with van der Waals surface area (Å²) < 4.78 is 5.56. The van der Waals surface area contributed by atoms with Gasteiger partial charge in [0.15, 0.2) is 0 Å². The minimum atomic E-state index is -0.502. The Balaban J connectivity index is 1.58. The number of hydrogen-bond acceptors (Lipinski definition) is 4. The number of esters is 1. The number of nitrogens with zero attached hydrogens (tertiary/aromatic N) is 2. The van der Waals surface area contributed by atoms with Gasteiger partial charge in [-0.15, -0.1) is 0 Å². The Hall–Kier alpha value is -3.91. The molecule has 5 nitrogen and oxygen atoms in total. The van der Waals surface area contributed by atoms with Crippen molar-refractivity contribution >= 4 is 17.6 Å². The molecule has 0 atom stereocenters. The fourth-order valence-corrected chi connectivity index (χ4v) is 3.49. The maximum atomic E-state index is 12.8. The Labute approximate surface area is 168 Å². The van der Waals surface area contributed by atoms with Gasteiger partial charge in [0.1, 0.15) is 5.75 Å². The number of amides is 1. The second-order valence-corrected chi connectivity index (χ2v) is 6.74. The van der Waals surface area contributed by atoms with E-state index in [4.69, 9.17) is 4.74 Å². The van der Waals surface area contributed by atoms with Crippen LogP contribution in [0.25, 0.3) is 11.1 Å². The first-order chi connectivity index (χ1) is 14.2. The number of ether oxygens (including phenoxy) is 1. The predicted molar refractivity (Wildman–Crippen MR) is 110 cm³/mol. The van der Waals surface area contributed by atoms with Crippen LogP contribution in [0.5, 0.6) is 5.75 Å². The summed E-state index contributed by atoms with van der Waals surface area (Å²) in [6, 6.07) is 23.3. The molecule has 0 saturated carbocycles. The lowest BCUT2D eigenvalue weighted by Gasteiger charge is -2.16. The van der Waals surface area contributed by atoms with Gasteiger partial charge in [0.25, 0.3) is 0 Å². The number of carbonyl (C=O) groups is 2. The molecule has 0 spiro atoms. The third-order valence-electron chi connectivity index (χ3n) is 4.92. The van der Waals surface area contributed by atoms with Crippen LogP contribution in [-0.4, -0.2) is 18.4 Å². The molecule has 1 saturated heterocycles. The van der Waals surface area contributed by atoms with Crippen molar-refractivity contribution in [3.63, 3.8) is 0 Å². The molecule has 3 aromatic carbocycles. The van der Waals surface area contributed by atoms with Crippen LogP contribution in [0.3, 0.4) is 0 Å². The highest BCUT2D eigenvalue weighted by atomic mass is 16.5. The van der Waals surface area contributed by atoms with Crippen molar-refractivity contribution in [1.29, 1.82) is 5.26 Å². The zero-order valence-electron chi connectivity index (χ0n) is 15.7. The molecule has 1 fully saturated rings. The first kappa shape index (κ1) is 18.5. The monoisotopic (exact) mass is 382 g/mol. The quantitative estimate of drug-likeness (QED) is 0.489. The second kappa shape index (κ2) is 7.99. The van der Waals surface area contributed by atoms with E-state index in [1.165, 1.54) is 0 Å². The summed E-state index contributed by atoms with van der Waals surface area (Å²) in [5.74, 6) is 0.00643. The summed E-state index contributed by atoms with van der Waals surface area (Å²) in [5.41, 5.74) is 3.01. The van der Waals surface area contributed by atoms with Crippen molar-refractivity contribution in [3.8, 4) is 22.9 Å². The number of benzene rings is 3. The number of hydrogen-bond donors (Lipinski definition) is 0. The van der Waals surface area contributed by atoms with Crippen LogP contribution >= 0.6 is 0 Å². The third kappa shape index (κ3) is 3.74. The van der Waals surface area contributed by atoms with E-state index >= 15 is 0 Å². The van der Waals surface area contributed by atoms with Crippen molar-refractivity contribution in [1.82, 2.24) is 0 Å². The van der Waals surface area contributed by atoms with Gasteiger partial charge in [-0.25, -0.2) is 4.79 Å². The van der Waals surface area contributed by atoms with Gasteiger partial charge >= 0.3 is 5.97 Å². The fraction of sp³-hybridized carbons (Fsp3) is 0.125. The normalized spacial score (nSPS) is 13.2. The molecule has 0 radical (unpaired) electrons. The Bertz CT molecular complexity index is 1110. The minimum Gasteiger partial charge on any atom is -0.423 e. The van der Waals surface area contributed by atoms with Gasteiger partial charge in [-0.05, 0) is 48.4 Å². The third-order valence-corrected chi connectivity index (χ3v) is 4.92. The highest BCUT2D eigenvalue weighted by Crippen LogP contribution is 2.29. The molecule has 1 aliphatic rings. The number of anilines is 1. The number of rotatable bonds is 4. The maximum absolute atomic E-state index is 12.8. The topological polar surface area (TPSA) is 70.4 Å². The minimum absolute atomic E-state index is 0.111. The van der Waals surface area contributed by atoms with Gasteiger partial charge < -0.3 is 9.64 Å². The molecule has 1 aliphatic heterocycles. The molecule has 4 rings (SSSR count). The Morgan fingerprint density at radius 3 is 2.31 bits per heavy atom. The molecule has 1 heterocycles. The van der Waals surface area contributed by atoms with Crippen molar-refractivity contribution in [2.45, 2.75) is 12.8 Å². The molecule has 142 valence electrons. The summed E-state index contributed by atoms with van der Waals surface area (Å²) in [5, 5.41) is 9.38. The summed E-state index contributed by atoms with van der Waals surface area (Å²) in [4.78, 5) is 26.4. The molecule has 1 amide bonds. The lowest BCUT2D eigenvalue weighted by Crippen LogP contribution is -2.23. The highest BCUT2D eigenvalue weighted by Gasteiger charge is 2.22. The molecule has 0 unspecified atom stereocenters. The lowest BCUT2D eigenvalue weighted by atomic mass is 9.96. The first-order valence-electron chi connectivity index (χ1n) is 9.38. The van der Waals surface area contributed by atoms with Gasteiger partial charge in [0.2, 0.25) is 5.91 Å². The lowest BCUT2D eigenvalue weighted by molar-refractivity contribution is -0.117. The standard InChI is InChI=1S/C24H18N2O3/c25-16-17-6-1-2-7-20(17)21-8-3-4-9-22(21)24(28)29-19-13-11-18(12-14-19)26-15-5-10-23(26)27/h1-4,6-9,11-14H,5,10,15H2. The molecule has 0 aromatic heterocycles. The van der Waals surface area contributed by atoms with Crippen LogP contribution in [0.4, 0.5) is 5.69 Å². The molecule has 3 aromatic rings. The average Bonchev–Trinajstić information content (AvgIpc) is 3.20. The van der Waals surface area contributed by atoms with Crippen LogP contribution < -0.4 is 9.64 Å². The first-order valence-corrected chi connectivity index (χ1v) is 9.38. The van der Waals surface area contributed by atoms with E-state index in [0.29, 0.717) is 41.0 Å². The number of carbonyl (C=O) groups excluding carboxylic acids is 2. The summed E-state index contributed by atoms with van der Waals surface area (Å²) in [6.45, 7) is 0.712. The second-order valence-electron chi connectivity index (χ2n) is 6.74. The summed E-state index contributed by atoms with van der Waals surface area (Å²) in [6.07, 6.45) is 1.42. The zero-order chi connectivity index (χ0) is 20.2. The van der Waals surface area contributed by atoms with E-state index in [2.05, 4.69) is 6.07 Å². The van der Waals surface area contributed by atoms with Gasteiger partial charge in [-0.3, -0.25) is 4.79 Å². The van der Waals surface area contributed by atoms with E-state index in [1.807, 2.05) is 18.2 Å².